The van der Waals surface area contributed by atoms with Gasteiger partial charge in [0.2, 0.25) is 11.8 Å². The number of methoxy groups -OCH3 is 2. The fourth-order valence-electron chi connectivity index (χ4n) is 6.25. The maximum absolute atomic E-state index is 14.3. The van der Waals surface area contributed by atoms with Crippen LogP contribution in [0, 0.1) is 19.8 Å². The molecule has 0 aliphatic carbocycles. The summed E-state index contributed by atoms with van der Waals surface area (Å²) in [6, 6.07) is 9.69. The normalized spacial score (nSPS) is 21.3. The van der Waals surface area contributed by atoms with E-state index in [9.17, 15) is 19.8 Å². The van der Waals surface area contributed by atoms with Crippen LogP contribution < -0.4 is 0 Å². The Labute approximate surface area is 299 Å². The van der Waals surface area contributed by atoms with E-state index >= 15 is 0 Å². The maximum Gasteiger partial charge on any atom is 0.248 e. The lowest BCUT2D eigenvalue weighted by atomic mass is 10.00. The quantitative estimate of drug-likeness (QED) is 0.298. The summed E-state index contributed by atoms with van der Waals surface area (Å²) in [5, 5.41) is 31.1. The van der Waals surface area contributed by atoms with Crippen molar-refractivity contribution in [3.05, 3.63) is 53.9 Å². The smallest absolute Gasteiger partial charge is 0.248 e. The molecule has 50 heavy (non-hydrogen) atoms. The molecule has 1 aromatic carbocycles. The van der Waals surface area contributed by atoms with Crippen molar-refractivity contribution in [1.29, 1.82) is 0 Å². The molecule has 1 fully saturated rings. The van der Waals surface area contributed by atoms with Crippen LogP contribution in [-0.4, -0.2) is 135 Å². The average Bonchev–Trinajstić information content (AvgIpc) is 3.51. The highest BCUT2D eigenvalue weighted by Gasteiger charge is 2.34. The highest BCUT2D eigenvalue weighted by molar-refractivity contribution is 7.99. The van der Waals surface area contributed by atoms with Crippen LogP contribution in [0.15, 0.2) is 47.9 Å². The molecule has 0 spiro atoms. The molecule has 0 unspecified atom stereocenters. The third-order valence-electron chi connectivity index (χ3n) is 8.60. The van der Waals surface area contributed by atoms with Gasteiger partial charge in [-0.15, -0.1) is 10.2 Å². The molecule has 1 saturated heterocycles. The van der Waals surface area contributed by atoms with Crippen molar-refractivity contribution in [3.8, 4) is 17.1 Å². The molecule has 1 aliphatic rings. The van der Waals surface area contributed by atoms with Gasteiger partial charge in [0.15, 0.2) is 11.0 Å². The zero-order valence-corrected chi connectivity index (χ0v) is 30.8. The fraction of sp³-hybridized carbons (Fsp3) is 0.583. The summed E-state index contributed by atoms with van der Waals surface area (Å²) in [5.41, 5.74) is 3.88. The highest BCUT2D eigenvalue weighted by atomic mass is 32.2. The molecule has 4 rings (SSSR count). The van der Waals surface area contributed by atoms with Gasteiger partial charge in [-0.1, -0.05) is 31.7 Å². The highest BCUT2D eigenvalue weighted by Crippen LogP contribution is 2.29. The number of ether oxygens (including phenoxy) is 3. The van der Waals surface area contributed by atoms with Gasteiger partial charge in [0.1, 0.15) is 24.9 Å². The molecule has 0 bridgehead atoms. The van der Waals surface area contributed by atoms with Crippen molar-refractivity contribution in [2.24, 2.45) is 5.92 Å². The zero-order chi connectivity index (χ0) is 36.2. The van der Waals surface area contributed by atoms with Gasteiger partial charge >= 0.3 is 0 Å². The number of aliphatic hydroxyl groups excluding tert-OH is 2. The van der Waals surface area contributed by atoms with E-state index in [-0.39, 0.29) is 55.8 Å². The number of aryl methyl sites for hydroxylation is 2. The van der Waals surface area contributed by atoms with E-state index in [0.717, 1.165) is 22.4 Å². The number of thioether (sulfide) groups is 1. The minimum atomic E-state index is -1.29. The van der Waals surface area contributed by atoms with Gasteiger partial charge in [0.05, 0.1) is 18.0 Å². The van der Waals surface area contributed by atoms with Crippen molar-refractivity contribution < 1.29 is 34.0 Å². The number of aromatic nitrogens is 4. The minimum absolute atomic E-state index is 0.00156. The molecular formula is C36H52N6O7S. The van der Waals surface area contributed by atoms with Crippen LogP contribution >= 0.6 is 11.8 Å². The monoisotopic (exact) mass is 712 g/mol. The molecule has 274 valence electrons. The Balaban J connectivity index is 1.67. The first-order valence-electron chi connectivity index (χ1n) is 17.1. The van der Waals surface area contributed by atoms with E-state index in [2.05, 4.69) is 47.2 Å². The Morgan fingerprint density at radius 3 is 2.48 bits per heavy atom. The molecule has 1 aliphatic heterocycles. The standard InChI is InChI=1S/C36H52N6O7S/c1-24(2)14-29-19-40(32(44)22-47-5)20-31(48-6)34(46)30(43)21-49-13-8-7-12-41(29)33(45)23-50-36-39-38-35(27-10-9-11-37-18-27)42(36)28-16-25(3)15-26(4)17-28/h9-11,15-18,24,29-31,34,43,46H,7-8,12-14,19-23H2,1-6H3/t29-,30+,31+,34+/m0/s1. The van der Waals surface area contributed by atoms with Gasteiger partial charge < -0.3 is 34.2 Å². The van der Waals surface area contributed by atoms with Gasteiger partial charge in [0.25, 0.3) is 0 Å². The lowest BCUT2D eigenvalue weighted by Crippen LogP contribution is -2.54. The van der Waals surface area contributed by atoms with E-state index in [4.69, 9.17) is 14.2 Å². The van der Waals surface area contributed by atoms with E-state index < -0.39 is 18.3 Å². The van der Waals surface area contributed by atoms with Crippen LogP contribution in [0.2, 0.25) is 0 Å². The van der Waals surface area contributed by atoms with Gasteiger partial charge in [-0.05, 0) is 74.4 Å². The number of carbonyl (C=O) groups is 2. The Hall–Kier alpha value is -3.40. The lowest BCUT2D eigenvalue weighted by molar-refractivity contribution is -0.145. The Bertz CT molecular complexity index is 1500. The average molecular weight is 713 g/mol. The van der Waals surface area contributed by atoms with Gasteiger partial charge in [-0.25, -0.2) is 0 Å². The van der Waals surface area contributed by atoms with Crippen molar-refractivity contribution in [1.82, 2.24) is 29.5 Å². The third-order valence-corrected chi connectivity index (χ3v) is 9.52. The van der Waals surface area contributed by atoms with Gasteiger partial charge in [-0.3, -0.25) is 19.1 Å². The van der Waals surface area contributed by atoms with Gasteiger partial charge in [-0.2, -0.15) is 0 Å². The van der Waals surface area contributed by atoms with Crippen molar-refractivity contribution in [3.63, 3.8) is 0 Å². The summed E-state index contributed by atoms with van der Waals surface area (Å²) in [4.78, 5) is 35.4. The summed E-state index contributed by atoms with van der Waals surface area (Å²) in [7, 11) is 2.87. The second-order valence-electron chi connectivity index (χ2n) is 13.2. The number of hydrogen-bond acceptors (Lipinski definition) is 11. The number of hydrogen-bond donors (Lipinski definition) is 2. The molecule has 2 N–H and O–H groups in total. The molecule has 13 nitrogen and oxygen atoms in total. The number of nitrogens with zero attached hydrogens (tertiary/aromatic N) is 6. The SMILES string of the molecule is COCC(=O)N1C[C@H](CC(C)C)N(C(=O)CSc2nnc(-c3cccnc3)n2-c2cc(C)cc(C)c2)CCCCOC[C@@H](O)[C@@H](O)[C@H](OC)C1. The molecule has 14 heteroatoms. The molecule has 0 saturated carbocycles. The van der Waals surface area contributed by atoms with E-state index in [0.29, 0.717) is 43.4 Å². The first kappa shape index (κ1) is 39.4. The summed E-state index contributed by atoms with van der Waals surface area (Å²) < 4.78 is 18.4. The minimum Gasteiger partial charge on any atom is -0.388 e. The van der Waals surface area contributed by atoms with Crippen molar-refractivity contribution in [2.75, 3.05) is 59.4 Å². The second kappa shape index (κ2) is 19.3. The second-order valence-corrected chi connectivity index (χ2v) is 14.2. The van der Waals surface area contributed by atoms with E-state index in [1.807, 2.05) is 35.4 Å². The predicted octanol–water partition coefficient (Wildman–Crippen LogP) is 3.30. The Morgan fingerprint density at radius 1 is 1.06 bits per heavy atom. The molecule has 3 aromatic rings. The maximum atomic E-state index is 14.3. The van der Waals surface area contributed by atoms with Crippen LogP contribution in [-0.2, 0) is 23.8 Å². The number of benzene rings is 1. The molecule has 4 atom stereocenters. The number of aliphatic hydroxyl groups is 2. The van der Waals surface area contributed by atoms with E-state index in [1.54, 1.807) is 17.3 Å². The van der Waals surface area contributed by atoms with E-state index in [1.165, 1.54) is 26.0 Å². The molecule has 2 amide bonds. The number of rotatable bonds is 10. The number of pyridine rings is 1. The van der Waals surface area contributed by atoms with Crippen molar-refractivity contribution in [2.45, 2.75) is 76.5 Å². The first-order chi connectivity index (χ1) is 24.0. The first-order valence-corrected chi connectivity index (χ1v) is 18.1. The lowest BCUT2D eigenvalue weighted by Gasteiger charge is -2.38. The zero-order valence-electron chi connectivity index (χ0n) is 30.0. The Kier molecular flexibility index (Phi) is 15.2. The summed E-state index contributed by atoms with van der Waals surface area (Å²) >= 11 is 1.32. The molecule has 0 radical (unpaired) electrons. The largest absolute Gasteiger partial charge is 0.388 e. The summed E-state index contributed by atoms with van der Waals surface area (Å²) in [5.74, 6) is 0.536. The third kappa shape index (κ3) is 10.8. The molecule has 2 aromatic heterocycles. The van der Waals surface area contributed by atoms with Crippen LogP contribution in [0.4, 0.5) is 0 Å². The number of carbonyl (C=O) groups excluding carboxylic acids is 2. The predicted molar refractivity (Wildman–Crippen MR) is 191 cm³/mol. The van der Waals surface area contributed by atoms with Gasteiger partial charge in [0, 0.05) is 64.5 Å². The fourth-order valence-corrected chi connectivity index (χ4v) is 7.08. The molecule has 3 heterocycles. The number of amides is 2. The Morgan fingerprint density at radius 2 is 1.82 bits per heavy atom. The van der Waals surface area contributed by atoms with Crippen LogP contribution in [0.25, 0.3) is 17.1 Å². The van der Waals surface area contributed by atoms with Crippen LogP contribution in [0.1, 0.15) is 44.2 Å². The van der Waals surface area contributed by atoms with Crippen LogP contribution in [0.5, 0.6) is 0 Å². The molecular weight excluding hydrogens is 660 g/mol. The summed E-state index contributed by atoms with van der Waals surface area (Å²) in [6.45, 7) is 9.02. The topological polar surface area (TPSA) is 152 Å². The van der Waals surface area contributed by atoms with Crippen LogP contribution in [0.3, 0.4) is 0 Å². The summed E-state index contributed by atoms with van der Waals surface area (Å²) in [6.07, 6.45) is 2.02. The van der Waals surface area contributed by atoms with Crippen molar-refractivity contribution >= 4 is 23.6 Å².